The molecule has 1 N–H and O–H groups in total. The maximum absolute atomic E-state index is 10.9. The molecule has 0 aliphatic carbocycles. The number of carboxylic acids is 1. The molecule has 1 unspecified atom stereocenters. The first kappa shape index (κ1) is 13.1. The molecule has 18 heavy (non-hydrogen) atoms. The van der Waals surface area contributed by atoms with Crippen LogP contribution in [-0.4, -0.2) is 41.8 Å². The fourth-order valence-corrected chi connectivity index (χ4v) is 2.26. The molecule has 0 spiro atoms. The maximum atomic E-state index is 10.9. The first-order valence-corrected chi connectivity index (χ1v) is 6.19. The van der Waals surface area contributed by atoms with Crippen molar-refractivity contribution in [1.82, 2.24) is 4.90 Å². The fraction of sp³-hybridized carbons (Fsp3) is 0.500. The van der Waals surface area contributed by atoms with Gasteiger partial charge in [-0.3, -0.25) is 4.90 Å². The van der Waals surface area contributed by atoms with Crippen molar-refractivity contribution in [3.8, 4) is 0 Å². The van der Waals surface area contributed by atoms with Crippen LogP contribution in [-0.2, 0) is 16.1 Å². The molecule has 0 amide bonds. The maximum Gasteiger partial charge on any atom is 0.334 e. The minimum atomic E-state index is -0.875. The van der Waals surface area contributed by atoms with E-state index < -0.39 is 12.1 Å². The summed E-state index contributed by atoms with van der Waals surface area (Å²) in [4.78, 5) is 13.1. The number of carboxylic acid groups (broad SMARTS) is 1. The molecule has 1 heterocycles. The van der Waals surface area contributed by atoms with E-state index in [0.717, 1.165) is 13.1 Å². The van der Waals surface area contributed by atoms with Crippen molar-refractivity contribution >= 4 is 5.97 Å². The molecule has 4 heteroatoms. The molecule has 1 aromatic rings. The van der Waals surface area contributed by atoms with E-state index in [1.54, 1.807) is 0 Å². The van der Waals surface area contributed by atoms with E-state index in [0.29, 0.717) is 13.2 Å². The summed E-state index contributed by atoms with van der Waals surface area (Å²) < 4.78 is 5.22. The van der Waals surface area contributed by atoms with Crippen LogP contribution >= 0.6 is 0 Å². The predicted molar refractivity (Wildman–Crippen MR) is 68.6 cm³/mol. The molecule has 0 bridgehead atoms. The van der Waals surface area contributed by atoms with Crippen LogP contribution in [0.2, 0.25) is 0 Å². The molecule has 1 aliphatic rings. The summed E-state index contributed by atoms with van der Waals surface area (Å²) >= 11 is 0. The van der Waals surface area contributed by atoms with Crippen LogP contribution in [0, 0.1) is 13.8 Å². The lowest BCUT2D eigenvalue weighted by molar-refractivity contribution is -0.156. The molecule has 1 saturated heterocycles. The molecule has 98 valence electrons. The molecule has 4 nitrogen and oxygen atoms in total. The number of benzene rings is 1. The lowest BCUT2D eigenvalue weighted by Gasteiger charge is -2.31. The van der Waals surface area contributed by atoms with E-state index in [4.69, 9.17) is 9.84 Å². The highest BCUT2D eigenvalue weighted by molar-refractivity contribution is 5.72. The molecular formula is C14H19NO3. The predicted octanol–water partition coefficient (Wildman–Crippen LogP) is 1.59. The van der Waals surface area contributed by atoms with Crippen molar-refractivity contribution in [3.05, 3.63) is 34.9 Å². The summed E-state index contributed by atoms with van der Waals surface area (Å²) in [5.41, 5.74) is 3.77. The zero-order valence-corrected chi connectivity index (χ0v) is 10.8. The standard InChI is InChI=1S/C14H19NO3/c1-10-3-4-12(11(2)7-10)8-15-5-6-18-13(9-15)14(16)17/h3-4,7,13H,5-6,8-9H2,1-2H3,(H,16,17). The van der Waals surface area contributed by atoms with E-state index in [-0.39, 0.29) is 0 Å². The Bertz CT molecular complexity index is 445. The summed E-state index contributed by atoms with van der Waals surface area (Å²) in [6, 6.07) is 6.37. The van der Waals surface area contributed by atoms with Crippen molar-refractivity contribution in [3.63, 3.8) is 0 Å². The van der Waals surface area contributed by atoms with Crippen molar-refractivity contribution in [2.45, 2.75) is 26.5 Å². The van der Waals surface area contributed by atoms with Crippen molar-refractivity contribution in [2.24, 2.45) is 0 Å². The van der Waals surface area contributed by atoms with E-state index >= 15 is 0 Å². The Balaban J connectivity index is 2.02. The number of morpholine rings is 1. The second kappa shape index (κ2) is 5.50. The summed E-state index contributed by atoms with van der Waals surface area (Å²) in [6.07, 6.45) is -0.690. The molecular weight excluding hydrogens is 230 g/mol. The number of ether oxygens (including phenoxy) is 1. The Labute approximate surface area is 107 Å². The van der Waals surface area contributed by atoms with Crippen molar-refractivity contribution in [2.75, 3.05) is 19.7 Å². The SMILES string of the molecule is Cc1ccc(CN2CCOC(C(=O)O)C2)c(C)c1. The van der Waals surface area contributed by atoms with Gasteiger partial charge in [-0.05, 0) is 25.0 Å². The van der Waals surface area contributed by atoms with Crippen LogP contribution in [0.15, 0.2) is 18.2 Å². The van der Waals surface area contributed by atoms with Crippen LogP contribution in [0.4, 0.5) is 0 Å². The van der Waals surface area contributed by atoms with Crippen LogP contribution in [0.1, 0.15) is 16.7 Å². The minimum absolute atomic E-state index is 0.461. The van der Waals surface area contributed by atoms with Crippen LogP contribution in [0.25, 0.3) is 0 Å². The number of hydrogen-bond donors (Lipinski definition) is 1. The number of hydrogen-bond acceptors (Lipinski definition) is 3. The lowest BCUT2D eigenvalue weighted by atomic mass is 10.0. The summed E-state index contributed by atoms with van der Waals surface area (Å²) in [6.45, 7) is 6.70. The highest BCUT2D eigenvalue weighted by Crippen LogP contribution is 2.15. The fourth-order valence-electron chi connectivity index (χ4n) is 2.26. The smallest absolute Gasteiger partial charge is 0.334 e. The quantitative estimate of drug-likeness (QED) is 0.883. The third-order valence-electron chi connectivity index (χ3n) is 3.32. The molecule has 1 fully saturated rings. The minimum Gasteiger partial charge on any atom is -0.479 e. The van der Waals surface area contributed by atoms with Crippen molar-refractivity contribution < 1.29 is 14.6 Å². The molecule has 1 aliphatic heterocycles. The Morgan fingerprint density at radius 2 is 2.28 bits per heavy atom. The van der Waals surface area contributed by atoms with Crippen LogP contribution in [0.3, 0.4) is 0 Å². The first-order valence-electron chi connectivity index (χ1n) is 6.19. The van der Waals surface area contributed by atoms with Crippen LogP contribution in [0.5, 0.6) is 0 Å². The van der Waals surface area contributed by atoms with E-state index in [2.05, 4.69) is 36.9 Å². The van der Waals surface area contributed by atoms with Gasteiger partial charge in [0, 0.05) is 19.6 Å². The van der Waals surface area contributed by atoms with E-state index in [1.807, 2.05) is 0 Å². The van der Waals surface area contributed by atoms with Gasteiger partial charge in [-0.2, -0.15) is 0 Å². The molecule has 1 aromatic carbocycles. The van der Waals surface area contributed by atoms with Crippen molar-refractivity contribution in [1.29, 1.82) is 0 Å². The lowest BCUT2D eigenvalue weighted by Crippen LogP contribution is -2.45. The third-order valence-corrected chi connectivity index (χ3v) is 3.32. The Morgan fingerprint density at radius 1 is 1.50 bits per heavy atom. The molecule has 0 radical (unpaired) electrons. The van der Waals surface area contributed by atoms with Crippen LogP contribution < -0.4 is 0 Å². The highest BCUT2D eigenvalue weighted by atomic mass is 16.5. The van der Waals surface area contributed by atoms with E-state index in [9.17, 15) is 4.79 Å². The second-order valence-corrected chi connectivity index (χ2v) is 4.86. The third kappa shape index (κ3) is 3.09. The van der Waals surface area contributed by atoms with Gasteiger partial charge < -0.3 is 9.84 Å². The van der Waals surface area contributed by atoms with Gasteiger partial charge in [0.25, 0.3) is 0 Å². The van der Waals surface area contributed by atoms with Gasteiger partial charge in [0.1, 0.15) is 0 Å². The topological polar surface area (TPSA) is 49.8 Å². The van der Waals surface area contributed by atoms with Gasteiger partial charge >= 0.3 is 5.97 Å². The van der Waals surface area contributed by atoms with Gasteiger partial charge in [0.2, 0.25) is 0 Å². The van der Waals surface area contributed by atoms with E-state index in [1.165, 1.54) is 16.7 Å². The number of rotatable bonds is 3. The van der Waals surface area contributed by atoms with Gasteiger partial charge in [0.05, 0.1) is 6.61 Å². The highest BCUT2D eigenvalue weighted by Gasteiger charge is 2.26. The molecule has 0 saturated carbocycles. The monoisotopic (exact) mass is 249 g/mol. The molecule has 2 rings (SSSR count). The number of nitrogens with zero attached hydrogens (tertiary/aromatic N) is 1. The Hall–Kier alpha value is -1.39. The summed E-state index contributed by atoms with van der Waals surface area (Å²) in [5, 5.41) is 8.96. The normalized spacial score (nSPS) is 20.9. The Kier molecular flexibility index (Phi) is 3.99. The summed E-state index contributed by atoms with van der Waals surface area (Å²) in [7, 11) is 0. The molecule has 1 atom stereocenters. The largest absolute Gasteiger partial charge is 0.479 e. The number of carbonyl (C=O) groups is 1. The van der Waals surface area contributed by atoms with Gasteiger partial charge in [-0.25, -0.2) is 4.79 Å². The van der Waals surface area contributed by atoms with Gasteiger partial charge in [-0.1, -0.05) is 23.8 Å². The average molecular weight is 249 g/mol. The zero-order chi connectivity index (χ0) is 13.1. The molecule has 0 aromatic heterocycles. The Morgan fingerprint density at radius 3 is 2.94 bits per heavy atom. The average Bonchev–Trinajstić information content (AvgIpc) is 2.33. The first-order chi connectivity index (χ1) is 8.56. The van der Waals surface area contributed by atoms with Gasteiger partial charge in [-0.15, -0.1) is 0 Å². The second-order valence-electron chi connectivity index (χ2n) is 4.86. The van der Waals surface area contributed by atoms with Gasteiger partial charge in [0.15, 0.2) is 6.10 Å². The number of aryl methyl sites for hydroxylation is 2. The zero-order valence-electron chi connectivity index (χ0n) is 10.8. The summed E-state index contributed by atoms with van der Waals surface area (Å²) in [5.74, 6) is -0.875. The number of aliphatic carboxylic acids is 1.